The molecule has 0 spiro atoms. The zero-order chi connectivity index (χ0) is 13.6. The molecule has 0 atom stereocenters. The van der Waals surface area contributed by atoms with E-state index in [-0.39, 0.29) is 0 Å². The zero-order valence-electron chi connectivity index (χ0n) is 8.88. The predicted octanol–water partition coefficient (Wildman–Crippen LogP) is 0.859. The van der Waals surface area contributed by atoms with Crippen LogP contribution in [-0.4, -0.2) is 35.2 Å². The first-order valence-corrected chi connectivity index (χ1v) is 3.78. The highest BCUT2D eigenvalue weighted by atomic mass is 16.5. The topological polar surface area (TPSA) is 101 Å². The van der Waals surface area contributed by atoms with Crippen molar-refractivity contribution in [3.63, 3.8) is 0 Å². The number of esters is 1. The molecule has 0 aliphatic heterocycles. The van der Waals surface area contributed by atoms with Crippen LogP contribution in [-0.2, 0) is 19.1 Å². The van der Waals surface area contributed by atoms with Crippen molar-refractivity contribution in [3.05, 3.63) is 38.0 Å². The average Bonchev–Trinajstić information content (AvgIpc) is 2.28. The lowest BCUT2D eigenvalue weighted by atomic mass is 10.5. The first-order chi connectivity index (χ1) is 7.43. The van der Waals surface area contributed by atoms with E-state index in [4.69, 9.17) is 10.2 Å². The van der Waals surface area contributed by atoms with E-state index < -0.39 is 17.9 Å². The van der Waals surface area contributed by atoms with E-state index in [1.807, 2.05) is 0 Å². The number of carboxylic acids is 2. The van der Waals surface area contributed by atoms with Gasteiger partial charge in [-0.2, -0.15) is 0 Å². The molecule has 0 aromatic carbocycles. The molecule has 0 aromatic rings. The van der Waals surface area contributed by atoms with Gasteiger partial charge in [0.1, 0.15) is 0 Å². The number of carboxylic acid groups (broad SMARTS) is 2. The summed E-state index contributed by atoms with van der Waals surface area (Å²) in [7, 11) is 1.31. The lowest BCUT2D eigenvalue weighted by molar-refractivity contribution is -0.135. The largest absolute Gasteiger partial charge is 0.478 e. The van der Waals surface area contributed by atoms with Crippen molar-refractivity contribution < 1.29 is 29.3 Å². The van der Waals surface area contributed by atoms with E-state index in [2.05, 4.69) is 24.5 Å². The first kappa shape index (κ1) is 19.2. The highest BCUT2D eigenvalue weighted by molar-refractivity contribution is 5.89. The maximum atomic E-state index is 9.84. The summed E-state index contributed by atoms with van der Waals surface area (Å²) in [4.78, 5) is 28.9. The van der Waals surface area contributed by atoms with Crippen LogP contribution >= 0.6 is 0 Å². The van der Waals surface area contributed by atoms with E-state index >= 15 is 0 Å². The molecule has 0 rings (SSSR count). The number of hydrogen-bond donors (Lipinski definition) is 2. The second-order valence-corrected chi connectivity index (χ2v) is 1.74. The smallest absolute Gasteiger partial charge is 0.329 e. The van der Waals surface area contributed by atoms with Gasteiger partial charge in [-0.15, -0.1) is 13.2 Å². The third-order valence-corrected chi connectivity index (χ3v) is 0.736. The van der Waals surface area contributed by atoms with E-state index in [1.54, 1.807) is 0 Å². The van der Waals surface area contributed by atoms with Crippen molar-refractivity contribution >= 4 is 17.9 Å². The minimum Gasteiger partial charge on any atom is -0.478 e. The molecule has 0 amide bonds. The Morgan fingerprint density at radius 2 is 1.38 bits per heavy atom. The van der Waals surface area contributed by atoms with E-state index in [0.29, 0.717) is 12.2 Å². The summed E-state index contributed by atoms with van der Waals surface area (Å²) in [6, 6.07) is 0. The summed E-state index contributed by atoms with van der Waals surface area (Å²) in [5.74, 6) is -2.91. The van der Waals surface area contributed by atoms with Crippen LogP contribution < -0.4 is 0 Å². The Labute approximate surface area is 93.2 Å². The van der Waals surface area contributed by atoms with Gasteiger partial charge in [-0.25, -0.2) is 14.4 Å². The molecule has 2 N–H and O–H groups in total. The number of rotatable bonds is 3. The zero-order valence-corrected chi connectivity index (χ0v) is 8.88. The molecule has 0 aliphatic rings. The molecule has 0 saturated carbocycles. The van der Waals surface area contributed by atoms with Gasteiger partial charge in [-0.1, -0.05) is 6.58 Å². The molecule has 6 nitrogen and oxygen atoms in total. The molecule has 0 heterocycles. The number of hydrogen-bond acceptors (Lipinski definition) is 4. The molecule has 0 unspecified atom stereocenters. The quantitative estimate of drug-likeness (QED) is 0.423. The standard InChI is InChI=1S/C4H4O4.C4H6O2.C2H4/c5-3(6)1-2-4(7)8;1-3-4(5)6-2;1-2/h1-2H,(H,5,6)(H,7,8);3H,1H2,2H3;1-2H2. The van der Waals surface area contributed by atoms with Crippen molar-refractivity contribution in [3.8, 4) is 0 Å². The number of carbonyl (C=O) groups excluding carboxylic acids is 1. The van der Waals surface area contributed by atoms with E-state index in [0.717, 1.165) is 6.08 Å². The third-order valence-electron chi connectivity index (χ3n) is 0.736. The van der Waals surface area contributed by atoms with Crippen LogP contribution in [0.15, 0.2) is 38.0 Å². The van der Waals surface area contributed by atoms with Gasteiger partial charge < -0.3 is 14.9 Å². The maximum Gasteiger partial charge on any atom is 0.329 e. The second kappa shape index (κ2) is 15.1. The number of methoxy groups -OCH3 is 1. The maximum absolute atomic E-state index is 9.84. The lowest BCUT2D eigenvalue weighted by Gasteiger charge is -1.83. The molecule has 0 bridgehead atoms. The van der Waals surface area contributed by atoms with Crippen molar-refractivity contribution in [2.24, 2.45) is 0 Å². The molecule has 0 fully saturated rings. The van der Waals surface area contributed by atoms with Crippen LogP contribution in [0.3, 0.4) is 0 Å². The molecular formula is C10H14O6. The second-order valence-electron chi connectivity index (χ2n) is 1.74. The van der Waals surface area contributed by atoms with E-state index in [1.165, 1.54) is 7.11 Å². The minimum absolute atomic E-state index is 0.394. The van der Waals surface area contributed by atoms with Crippen LogP contribution in [0.1, 0.15) is 0 Å². The Morgan fingerprint density at radius 3 is 1.44 bits per heavy atom. The fourth-order valence-electron chi connectivity index (χ4n) is 0.226. The van der Waals surface area contributed by atoms with Gasteiger partial charge in [0.05, 0.1) is 7.11 Å². The molecule has 0 aromatic heterocycles. The van der Waals surface area contributed by atoms with Crippen molar-refractivity contribution in [2.75, 3.05) is 7.11 Å². The van der Waals surface area contributed by atoms with E-state index in [9.17, 15) is 14.4 Å². The Bertz CT molecular complexity index is 250. The normalized spacial score (nSPS) is 7.56. The van der Waals surface area contributed by atoms with Crippen LogP contribution in [0, 0.1) is 0 Å². The summed E-state index contributed by atoms with van der Waals surface area (Å²) in [5, 5.41) is 15.6. The van der Waals surface area contributed by atoms with Crippen molar-refractivity contribution in [2.45, 2.75) is 0 Å². The molecular weight excluding hydrogens is 216 g/mol. The summed E-state index contributed by atoms with van der Waals surface area (Å²) in [6.45, 7) is 9.16. The molecule has 6 heteroatoms. The average molecular weight is 230 g/mol. The van der Waals surface area contributed by atoms with Crippen molar-refractivity contribution in [1.82, 2.24) is 0 Å². The molecule has 0 radical (unpaired) electrons. The Morgan fingerprint density at radius 1 is 1.06 bits per heavy atom. The monoisotopic (exact) mass is 230 g/mol. The molecule has 0 aliphatic carbocycles. The fraction of sp³-hybridized carbons (Fsp3) is 0.100. The molecule has 16 heavy (non-hydrogen) atoms. The Hall–Kier alpha value is -2.37. The minimum atomic E-state index is -1.26. The number of ether oxygens (including phenoxy) is 1. The Kier molecular flexibility index (Phi) is 18.2. The Balaban J connectivity index is -0.000000188. The highest BCUT2D eigenvalue weighted by Gasteiger charge is 1.88. The lowest BCUT2D eigenvalue weighted by Crippen LogP contribution is -1.91. The predicted molar refractivity (Wildman–Crippen MR) is 57.9 cm³/mol. The SMILES string of the molecule is C=C.C=CC(=O)OC.O=C(O)C=CC(=O)O. The van der Waals surface area contributed by atoms with Gasteiger partial charge >= 0.3 is 17.9 Å². The number of aliphatic carboxylic acids is 2. The van der Waals surface area contributed by atoms with Gasteiger partial charge in [-0.05, 0) is 0 Å². The molecule has 0 saturated heterocycles. The summed E-state index contributed by atoms with van der Waals surface area (Å²) in [5.41, 5.74) is 0. The van der Waals surface area contributed by atoms with Gasteiger partial charge in [0.2, 0.25) is 0 Å². The summed E-state index contributed by atoms with van der Waals surface area (Å²) < 4.78 is 4.14. The third kappa shape index (κ3) is 29.9. The summed E-state index contributed by atoms with van der Waals surface area (Å²) in [6.07, 6.45) is 2.23. The van der Waals surface area contributed by atoms with Crippen molar-refractivity contribution in [1.29, 1.82) is 0 Å². The van der Waals surface area contributed by atoms with Gasteiger partial charge in [-0.3, -0.25) is 0 Å². The highest BCUT2D eigenvalue weighted by Crippen LogP contribution is 1.70. The van der Waals surface area contributed by atoms with Gasteiger partial charge in [0, 0.05) is 18.2 Å². The van der Waals surface area contributed by atoms with Gasteiger partial charge in [0.15, 0.2) is 0 Å². The van der Waals surface area contributed by atoms with Crippen LogP contribution in [0.4, 0.5) is 0 Å². The first-order valence-electron chi connectivity index (χ1n) is 3.78. The van der Waals surface area contributed by atoms with Crippen LogP contribution in [0.5, 0.6) is 0 Å². The molecule has 90 valence electrons. The number of carbonyl (C=O) groups is 3. The van der Waals surface area contributed by atoms with Crippen LogP contribution in [0.2, 0.25) is 0 Å². The summed E-state index contributed by atoms with van der Waals surface area (Å²) >= 11 is 0. The van der Waals surface area contributed by atoms with Crippen LogP contribution in [0.25, 0.3) is 0 Å². The fourth-order valence-corrected chi connectivity index (χ4v) is 0.226. The van der Waals surface area contributed by atoms with Gasteiger partial charge in [0.25, 0.3) is 0 Å².